The molecule has 108 valence electrons. The smallest absolute Gasteiger partial charge is 0.404 e. The zero-order valence-corrected chi connectivity index (χ0v) is 12.3. The van der Waals surface area contributed by atoms with Crippen molar-refractivity contribution in [1.82, 2.24) is 0 Å². The lowest BCUT2D eigenvalue weighted by molar-refractivity contribution is 0.0997. The van der Waals surface area contributed by atoms with Crippen LogP contribution in [0.2, 0.25) is 0 Å². The van der Waals surface area contributed by atoms with E-state index in [0.29, 0.717) is 5.56 Å². The Kier molecular flexibility index (Phi) is 6.40. The summed E-state index contributed by atoms with van der Waals surface area (Å²) in [4.78, 5) is 11.6. The minimum atomic E-state index is -3.68. The van der Waals surface area contributed by atoms with Crippen molar-refractivity contribution in [3.63, 3.8) is 0 Å². The molecule has 0 unspecified atom stereocenters. The summed E-state index contributed by atoms with van der Waals surface area (Å²) in [7, 11) is -3.68. The van der Waals surface area contributed by atoms with E-state index in [-0.39, 0.29) is 31.2 Å². The molecule has 0 aromatic heterocycles. The Hall–Kier alpha value is -1.67. The van der Waals surface area contributed by atoms with E-state index in [1.807, 2.05) is 0 Å². The first-order valence-corrected chi connectivity index (χ1v) is 7.59. The predicted molar refractivity (Wildman–Crippen MR) is 72.5 cm³/mol. The highest BCUT2D eigenvalue weighted by Gasteiger charge is 2.27. The van der Waals surface area contributed by atoms with E-state index in [4.69, 9.17) is 18.8 Å². The average molecular weight is 297 g/mol. The number of phosphoric acid groups is 1. The van der Waals surface area contributed by atoms with Gasteiger partial charge >= 0.3 is 7.82 Å². The number of rotatable bonds is 8. The maximum Gasteiger partial charge on any atom is 0.530 e. The van der Waals surface area contributed by atoms with Gasteiger partial charge in [0.05, 0.1) is 25.7 Å². The van der Waals surface area contributed by atoms with Gasteiger partial charge in [-0.3, -0.25) is 13.8 Å². The number of nitriles is 1. The van der Waals surface area contributed by atoms with Crippen molar-refractivity contribution in [2.45, 2.75) is 20.3 Å². The molecule has 1 aromatic carbocycles. The maximum absolute atomic E-state index is 12.2. The van der Waals surface area contributed by atoms with Crippen molar-refractivity contribution in [3.8, 4) is 11.8 Å². The van der Waals surface area contributed by atoms with Gasteiger partial charge in [-0.1, -0.05) is 12.1 Å². The number of carbonyl (C=O) groups excluding carboxylic acids is 1. The van der Waals surface area contributed by atoms with Crippen LogP contribution < -0.4 is 4.52 Å². The van der Waals surface area contributed by atoms with E-state index in [1.165, 1.54) is 12.1 Å². The van der Waals surface area contributed by atoms with Gasteiger partial charge in [-0.05, 0) is 26.0 Å². The number of Topliss-reactive ketones (excluding diaryl/α,β-unsaturated/α-hetero) is 1. The van der Waals surface area contributed by atoms with Crippen LogP contribution in [0.1, 0.15) is 30.6 Å². The summed E-state index contributed by atoms with van der Waals surface area (Å²) in [5.41, 5.74) is 0.309. The van der Waals surface area contributed by atoms with E-state index in [1.54, 1.807) is 32.0 Å². The fourth-order valence-corrected chi connectivity index (χ4v) is 2.62. The molecule has 0 aliphatic rings. The molecule has 0 fully saturated rings. The number of ketones is 1. The highest BCUT2D eigenvalue weighted by atomic mass is 31.2. The molecular weight excluding hydrogens is 281 g/mol. The van der Waals surface area contributed by atoms with Gasteiger partial charge < -0.3 is 4.52 Å². The lowest BCUT2D eigenvalue weighted by atomic mass is 10.1. The first-order chi connectivity index (χ1) is 9.54. The second-order valence-electron chi connectivity index (χ2n) is 3.66. The Balaban J connectivity index is 2.92. The van der Waals surface area contributed by atoms with Gasteiger partial charge in [0.25, 0.3) is 0 Å². The van der Waals surface area contributed by atoms with Crippen LogP contribution in [0.15, 0.2) is 24.3 Å². The number of hydrogen-bond donors (Lipinski definition) is 0. The third-order valence-electron chi connectivity index (χ3n) is 2.19. The predicted octanol–water partition coefficient (Wildman–Crippen LogP) is 3.34. The summed E-state index contributed by atoms with van der Waals surface area (Å²) in [5.74, 6) is -0.139. The molecule has 6 nitrogen and oxygen atoms in total. The van der Waals surface area contributed by atoms with Gasteiger partial charge in [0.15, 0.2) is 5.78 Å². The van der Waals surface area contributed by atoms with E-state index >= 15 is 0 Å². The number of phosphoric ester groups is 1. The second kappa shape index (κ2) is 7.81. The third-order valence-corrected chi connectivity index (χ3v) is 3.77. The van der Waals surface area contributed by atoms with Gasteiger partial charge in [-0.25, -0.2) is 4.57 Å². The highest BCUT2D eigenvalue weighted by Crippen LogP contribution is 2.49. The third kappa shape index (κ3) is 4.78. The summed E-state index contributed by atoms with van der Waals surface area (Å²) in [5, 5.41) is 8.51. The lowest BCUT2D eigenvalue weighted by Crippen LogP contribution is -2.03. The van der Waals surface area contributed by atoms with E-state index < -0.39 is 7.82 Å². The zero-order valence-electron chi connectivity index (χ0n) is 11.4. The summed E-state index contributed by atoms with van der Waals surface area (Å²) < 4.78 is 27.4. The lowest BCUT2D eigenvalue weighted by Gasteiger charge is -2.17. The van der Waals surface area contributed by atoms with Crippen LogP contribution in [0.4, 0.5) is 0 Å². The van der Waals surface area contributed by atoms with Crippen molar-refractivity contribution < 1.29 is 22.9 Å². The highest BCUT2D eigenvalue weighted by molar-refractivity contribution is 7.48. The fraction of sp³-hybridized carbons (Fsp3) is 0.385. The summed E-state index contributed by atoms with van der Waals surface area (Å²) >= 11 is 0. The van der Waals surface area contributed by atoms with Gasteiger partial charge in [-0.15, -0.1) is 0 Å². The molecule has 0 aliphatic heterocycles. The monoisotopic (exact) mass is 297 g/mol. The Labute approximate surface area is 117 Å². The van der Waals surface area contributed by atoms with E-state index in [0.717, 1.165) is 0 Å². The largest absolute Gasteiger partial charge is 0.530 e. The van der Waals surface area contributed by atoms with Gasteiger partial charge in [-0.2, -0.15) is 5.26 Å². The molecule has 7 heteroatoms. The van der Waals surface area contributed by atoms with E-state index in [9.17, 15) is 9.36 Å². The van der Waals surface area contributed by atoms with Crippen molar-refractivity contribution in [2.75, 3.05) is 13.2 Å². The minimum absolute atomic E-state index is 0.171. The molecule has 0 saturated heterocycles. The van der Waals surface area contributed by atoms with Gasteiger partial charge in [0.2, 0.25) is 0 Å². The van der Waals surface area contributed by atoms with Crippen LogP contribution >= 0.6 is 7.82 Å². The van der Waals surface area contributed by atoms with Crippen molar-refractivity contribution in [1.29, 1.82) is 5.26 Å². The van der Waals surface area contributed by atoms with Crippen molar-refractivity contribution >= 4 is 13.6 Å². The quantitative estimate of drug-likeness (QED) is 0.540. The number of nitrogens with zero attached hydrogens (tertiary/aromatic N) is 1. The van der Waals surface area contributed by atoms with Crippen LogP contribution in [0.3, 0.4) is 0 Å². The summed E-state index contributed by atoms with van der Waals surface area (Å²) in [6.07, 6.45) is -0.224. The molecule has 0 bridgehead atoms. The Morgan fingerprint density at radius 1 is 1.30 bits per heavy atom. The molecule has 0 radical (unpaired) electrons. The Morgan fingerprint density at radius 3 is 2.50 bits per heavy atom. The molecule has 0 aliphatic carbocycles. The number of carbonyl (C=O) groups is 1. The molecular formula is C13H16NO5P. The van der Waals surface area contributed by atoms with Gasteiger partial charge in [0, 0.05) is 5.56 Å². The van der Waals surface area contributed by atoms with Crippen molar-refractivity contribution in [3.05, 3.63) is 29.8 Å². The molecule has 0 atom stereocenters. The van der Waals surface area contributed by atoms with Crippen LogP contribution in [0.5, 0.6) is 5.75 Å². The van der Waals surface area contributed by atoms with Crippen LogP contribution in [-0.2, 0) is 13.6 Å². The van der Waals surface area contributed by atoms with Crippen molar-refractivity contribution in [2.24, 2.45) is 0 Å². The Morgan fingerprint density at radius 2 is 1.95 bits per heavy atom. The Bertz CT molecular complexity index is 542. The minimum Gasteiger partial charge on any atom is -0.404 e. The first kappa shape index (κ1) is 16.4. The molecule has 0 spiro atoms. The van der Waals surface area contributed by atoms with E-state index in [2.05, 4.69) is 0 Å². The summed E-state index contributed by atoms with van der Waals surface area (Å²) in [6.45, 7) is 3.68. The topological polar surface area (TPSA) is 85.6 Å². The molecule has 20 heavy (non-hydrogen) atoms. The second-order valence-corrected chi connectivity index (χ2v) is 5.25. The zero-order chi connectivity index (χ0) is 15.0. The maximum atomic E-state index is 12.2. The standard InChI is InChI=1S/C13H16NO5P/c1-3-17-20(16,18-4-2)19-12-7-5-6-11(10-12)13(15)8-9-14/h5-7,10H,3-4,8H2,1-2H3. The molecule has 1 aromatic rings. The van der Waals surface area contributed by atoms with Gasteiger partial charge in [0.1, 0.15) is 5.75 Å². The normalized spacial score (nSPS) is 10.8. The van der Waals surface area contributed by atoms with Crippen LogP contribution in [0.25, 0.3) is 0 Å². The molecule has 0 N–H and O–H groups in total. The molecule has 1 rings (SSSR count). The van der Waals surface area contributed by atoms with Crippen LogP contribution in [0, 0.1) is 11.3 Å². The molecule has 0 heterocycles. The number of hydrogen-bond acceptors (Lipinski definition) is 6. The van der Waals surface area contributed by atoms with Crippen LogP contribution in [-0.4, -0.2) is 19.0 Å². The number of benzene rings is 1. The molecule has 0 amide bonds. The molecule has 0 saturated carbocycles. The average Bonchev–Trinajstić information content (AvgIpc) is 2.39. The summed E-state index contributed by atoms with van der Waals surface area (Å²) in [6, 6.07) is 7.85. The first-order valence-electron chi connectivity index (χ1n) is 6.13. The SMILES string of the molecule is CCOP(=O)(OCC)Oc1cccc(C(=O)CC#N)c1. The fourth-order valence-electron chi connectivity index (χ4n) is 1.44.